The van der Waals surface area contributed by atoms with Crippen LogP contribution in [-0.4, -0.2) is 35.7 Å². The van der Waals surface area contributed by atoms with E-state index in [0.29, 0.717) is 6.42 Å². The molecular formula is C20H38N2O2. The fourth-order valence-electron chi connectivity index (χ4n) is 3.04. The van der Waals surface area contributed by atoms with E-state index in [-0.39, 0.29) is 12.2 Å². The minimum absolute atomic E-state index is 0.0682. The van der Waals surface area contributed by atoms with Crippen LogP contribution in [0.3, 0.4) is 0 Å². The molecule has 24 heavy (non-hydrogen) atoms. The van der Waals surface area contributed by atoms with Gasteiger partial charge >= 0.3 is 5.97 Å². The number of carbonyl (C=O) groups excluding carboxylic acids is 1. The van der Waals surface area contributed by atoms with Crippen molar-refractivity contribution < 1.29 is 9.53 Å². The normalized spacial score (nSPS) is 15.1. The lowest BCUT2D eigenvalue weighted by Gasteiger charge is -2.25. The van der Waals surface area contributed by atoms with E-state index in [1.54, 1.807) is 0 Å². The Bertz CT molecular complexity index is 358. The van der Waals surface area contributed by atoms with Crippen LogP contribution in [0.4, 0.5) is 0 Å². The third-order valence-corrected chi connectivity index (χ3v) is 4.65. The predicted molar refractivity (Wildman–Crippen MR) is 100 cm³/mol. The summed E-state index contributed by atoms with van der Waals surface area (Å²) in [6.07, 6.45) is 18.6. The second kappa shape index (κ2) is 13.1. The van der Waals surface area contributed by atoms with E-state index in [1.807, 2.05) is 31.3 Å². The number of rotatable bonds is 14. The Kier molecular flexibility index (Phi) is 11.4. The van der Waals surface area contributed by atoms with E-state index in [2.05, 4.69) is 11.8 Å². The maximum atomic E-state index is 11.9. The lowest BCUT2D eigenvalue weighted by atomic mass is 10.1. The summed E-state index contributed by atoms with van der Waals surface area (Å²) in [5.74, 6) is -0.0682. The Morgan fingerprint density at radius 2 is 1.50 bits per heavy atom. The molecule has 0 spiro atoms. The number of ether oxygens (including phenoxy) is 1. The first-order valence-electron chi connectivity index (χ1n) is 9.97. The molecule has 0 saturated heterocycles. The lowest BCUT2D eigenvalue weighted by Crippen LogP contribution is -2.34. The van der Waals surface area contributed by atoms with Gasteiger partial charge in [0.25, 0.3) is 0 Å². The van der Waals surface area contributed by atoms with Crippen molar-refractivity contribution in [3.63, 3.8) is 0 Å². The Hall–Kier alpha value is -1.19. The van der Waals surface area contributed by atoms with Crippen molar-refractivity contribution in [1.29, 1.82) is 0 Å². The summed E-state index contributed by atoms with van der Waals surface area (Å²) in [7, 11) is 2.01. The average Bonchev–Trinajstić information content (AvgIpc) is 2.99. The molecule has 0 aromatic heterocycles. The Balaban J connectivity index is 1.88. The third kappa shape index (κ3) is 9.84. The van der Waals surface area contributed by atoms with Gasteiger partial charge in [0.15, 0.2) is 6.23 Å². The van der Waals surface area contributed by atoms with Crippen LogP contribution in [-0.2, 0) is 9.53 Å². The van der Waals surface area contributed by atoms with Crippen LogP contribution in [0.5, 0.6) is 0 Å². The molecule has 0 amide bonds. The smallest absolute Gasteiger partial charge is 0.307 e. The Morgan fingerprint density at radius 1 is 0.958 bits per heavy atom. The molecule has 0 aliphatic carbocycles. The van der Waals surface area contributed by atoms with Gasteiger partial charge in [0.2, 0.25) is 0 Å². The zero-order chi connectivity index (χ0) is 17.6. The molecular weight excluding hydrogens is 300 g/mol. The van der Waals surface area contributed by atoms with Crippen molar-refractivity contribution in [2.45, 2.75) is 97.1 Å². The van der Waals surface area contributed by atoms with E-state index < -0.39 is 0 Å². The summed E-state index contributed by atoms with van der Waals surface area (Å²) in [6, 6.07) is 0. The van der Waals surface area contributed by atoms with Gasteiger partial charge in [-0.05, 0) is 13.3 Å². The van der Waals surface area contributed by atoms with Crippen molar-refractivity contribution in [2.75, 3.05) is 13.7 Å². The van der Waals surface area contributed by atoms with Crippen LogP contribution in [0.25, 0.3) is 0 Å². The molecule has 4 heteroatoms. The molecule has 0 radical (unpaired) electrons. The van der Waals surface area contributed by atoms with Gasteiger partial charge in [-0.15, -0.1) is 0 Å². The molecule has 1 unspecified atom stereocenters. The Morgan fingerprint density at radius 3 is 2.00 bits per heavy atom. The molecule has 0 bridgehead atoms. The fraction of sp³-hybridized carbons (Fsp3) is 0.850. The van der Waals surface area contributed by atoms with Gasteiger partial charge in [-0.2, -0.15) is 0 Å². The van der Waals surface area contributed by atoms with Gasteiger partial charge in [-0.3, -0.25) is 4.79 Å². The molecule has 1 atom stereocenters. The van der Waals surface area contributed by atoms with Crippen LogP contribution in [0.2, 0.25) is 0 Å². The van der Waals surface area contributed by atoms with Crippen molar-refractivity contribution in [2.24, 2.45) is 0 Å². The zero-order valence-electron chi connectivity index (χ0n) is 16.1. The second-order valence-corrected chi connectivity index (χ2v) is 7.09. The average molecular weight is 339 g/mol. The second-order valence-electron chi connectivity index (χ2n) is 7.09. The maximum Gasteiger partial charge on any atom is 0.307 e. The monoisotopic (exact) mass is 338 g/mol. The summed E-state index contributed by atoms with van der Waals surface area (Å²) in [5, 5.41) is 0. The first-order valence-corrected chi connectivity index (χ1v) is 9.97. The highest BCUT2D eigenvalue weighted by atomic mass is 16.6. The molecule has 1 aliphatic rings. The molecule has 0 fully saturated rings. The van der Waals surface area contributed by atoms with Crippen LogP contribution in [0.1, 0.15) is 90.9 Å². The molecule has 140 valence electrons. The highest BCUT2D eigenvalue weighted by Crippen LogP contribution is 2.14. The lowest BCUT2D eigenvalue weighted by molar-refractivity contribution is -0.155. The summed E-state index contributed by atoms with van der Waals surface area (Å²) >= 11 is 0. The molecule has 0 N–H and O–H groups in total. The quantitative estimate of drug-likeness (QED) is 0.320. The number of hydrogen-bond donors (Lipinski definition) is 0. The van der Waals surface area contributed by atoms with Gasteiger partial charge in [-0.1, -0.05) is 71.1 Å². The van der Waals surface area contributed by atoms with E-state index in [9.17, 15) is 4.79 Å². The summed E-state index contributed by atoms with van der Waals surface area (Å²) < 4.78 is 5.48. The largest absolute Gasteiger partial charge is 0.442 e. The van der Waals surface area contributed by atoms with Gasteiger partial charge in [-0.25, -0.2) is 0 Å². The van der Waals surface area contributed by atoms with Crippen LogP contribution >= 0.6 is 0 Å². The van der Waals surface area contributed by atoms with Gasteiger partial charge in [0, 0.05) is 25.9 Å². The molecule has 4 nitrogen and oxygen atoms in total. The van der Waals surface area contributed by atoms with E-state index in [4.69, 9.17) is 4.74 Å². The number of nitrogens with zero attached hydrogens (tertiary/aromatic N) is 2. The first kappa shape index (κ1) is 20.9. The van der Waals surface area contributed by atoms with Crippen LogP contribution in [0.15, 0.2) is 12.4 Å². The Labute approximate surface area is 149 Å². The molecule has 1 heterocycles. The number of carbonyl (C=O) groups is 1. The van der Waals surface area contributed by atoms with Crippen molar-refractivity contribution in [3.8, 4) is 0 Å². The topological polar surface area (TPSA) is 32.8 Å². The van der Waals surface area contributed by atoms with Gasteiger partial charge < -0.3 is 14.5 Å². The molecule has 1 aliphatic heterocycles. The zero-order valence-corrected chi connectivity index (χ0v) is 16.1. The molecule has 1 rings (SSSR count). The summed E-state index contributed by atoms with van der Waals surface area (Å²) in [6.45, 7) is 4.98. The van der Waals surface area contributed by atoms with Gasteiger partial charge in [0.05, 0.1) is 6.67 Å². The van der Waals surface area contributed by atoms with Crippen molar-refractivity contribution >= 4 is 5.97 Å². The molecule has 0 aromatic rings. The standard InChI is InChI=1S/C20H38N2O2/c1-4-5-6-7-8-9-10-11-12-13-14-15-20(23)24-19(2)22-17-16-21(3)18-22/h16-17,19H,4-15,18H2,1-3H3. The van der Waals surface area contributed by atoms with E-state index >= 15 is 0 Å². The minimum Gasteiger partial charge on any atom is -0.442 e. The number of unbranched alkanes of at least 4 members (excludes halogenated alkanes) is 10. The maximum absolute atomic E-state index is 11.9. The van der Waals surface area contributed by atoms with Crippen LogP contribution < -0.4 is 0 Å². The number of esters is 1. The highest BCUT2D eigenvalue weighted by molar-refractivity contribution is 5.69. The van der Waals surface area contributed by atoms with E-state index in [1.165, 1.54) is 57.8 Å². The number of hydrogen-bond acceptors (Lipinski definition) is 4. The predicted octanol–water partition coefficient (Wildman–Crippen LogP) is 5.25. The van der Waals surface area contributed by atoms with Crippen LogP contribution in [0, 0.1) is 0 Å². The highest BCUT2D eigenvalue weighted by Gasteiger charge is 2.18. The first-order chi connectivity index (χ1) is 11.6. The van der Waals surface area contributed by atoms with E-state index in [0.717, 1.165) is 19.5 Å². The fourth-order valence-corrected chi connectivity index (χ4v) is 3.04. The third-order valence-electron chi connectivity index (χ3n) is 4.65. The summed E-state index contributed by atoms with van der Waals surface area (Å²) in [5.41, 5.74) is 0. The van der Waals surface area contributed by atoms with Gasteiger partial charge in [0.1, 0.15) is 0 Å². The van der Waals surface area contributed by atoms with Crippen molar-refractivity contribution in [1.82, 2.24) is 9.80 Å². The molecule has 0 aromatic carbocycles. The van der Waals surface area contributed by atoms with Crippen molar-refractivity contribution in [3.05, 3.63) is 12.4 Å². The SMILES string of the molecule is CCCCCCCCCCCCCC(=O)OC(C)N1C=CN(C)C1. The summed E-state index contributed by atoms with van der Waals surface area (Å²) in [4.78, 5) is 16.0. The molecule has 0 saturated carbocycles. The minimum atomic E-state index is -0.175.